The Kier molecular flexibility index (Phi) is 4.65. The standard InChI is InChI=1S/C22H13F5N4O3/c23-12-3-11(4-13(24)5-12)19(32)29-9-15-7-17(29)18-20(33)31(21(34)30(15)18)14-2-1-10(8-28)16(6-14)22(25,26)27/h1-6,15,17-18H,7,9H2/t15-,17?,18?/m1/s1. The van der Waals surface area contributed by atoms with E-state index in [1.54, 1.807) is 0 Å². The lowest BCUT2D eigenvalue weighted by Gasteiger charge is -2.34. The van der Waals surface area contributed by atoms with Crippen molar-refractivity contribution >= 4 is 23.5 Å². The quantitative estimate of drug-likeness (QED) is 0.492. The summed E-state index contributed by atoms with van der Waals surface area (Å²) in [7, 11) is 0. The minimum absolute atomic E-state index is 0.00611. The van der Waals surface area contributed by atoms with Crippen LogP contribution in [0.4, 0.5) is 32.4 Å². The van der Waals surface area contributed by atoms with Crippen molar-refractivity contribution in [3.63, 3.8) is 0 Å². The van der Waals surface area contributed by atoms with Crippen molar-refractivity contribution < 1.29 is 36.3 Å². The SMILES string of the molecule is N#Cc1ccc(N2C(=O)C3C4C[C@H](CN4C(=O)c4cc(F)cc(F)c4)N3C2=O)cc1C(F)(F)F. The van der Waals surface area contributed by atoms with Gasteiger partial charge in [0.05, 0.1) is 35.0 Å². The van der Waals surface area contributed by atoms with Gasteiger partial charge >= 0.3 is 12.2 Å². The fourth-order valence-electron chi connectivity index (χ4n) is 4.97. The molecule has 4 amide bonds. The first-order valence-electron chi connectivity index (χ1n) is 10.1. The number of alkyl halides is 3. The number of likely N-dealkylation sites (tertiary alicyclic amines) is 1. The maximum atomic E-state index is 13.6. The predicted molar refractivity (Wildman–Crippen MR) is 104 cm³/mol. The van der Waals surface area contributed by atoms with Gasteiger partial charge in [-0.3, -0.25) is 9.59 Å². The largest absolute Gasteiger partial charge is 0.417 e. The Bertz CT molecular complexity index is 1280. The number of carbonyl (C=O) groups excluding carboxylic acids is 3. The number of nitriles is 1. The van der Waals surface area contributed by atoms with E-state index in [2.05, 4.69) is 0 Å². The van der Waals surface area contributed by atoms with Gasteiger partial charge < -0.3 is 9.80 Å². The molecule has 3 saturated heterocycles. The number of imide groups is 1. The molecule has 0 radical (unpaired) electrons. The number of piperazine rings is 1. The van der Waals surface area contributed by atoms with Crippen molar-refractivity contribution in [2.75, 3.05) is 11.4 Å². The second kappa shape index (κ2) is 7.24. The van der Waals surface area contributed by atoms with E-state index in [0.717, 1.165) is 24.3 Å². The van der Waals surface area contributed by atoms with Crippen molar-refractivity contribution in [1.29, 1.82) is 5.26 Å². The van der Waals surface area contributed by atoms with Crippen LogP contribution in [0.1, 0.15) is 27.9 Å². The van der Waals surface area contributed by atoms with Crippen LogP contribution in [0, 0.1) is 23.0 Å². The minimum atomic E-state index is -4.88. The number of urea groups is 1. The summed E-state index contributed by atoms with van der Waals surface area (Å²) in [5.74, 6) is -3.44. The fourth-order valence-corrected chi connectivity index (χ4v) is 4.97. The zero-order chi connectivity index (χ0) is 24.5. The molecule has 3 fully saturated rings. The molecule has 2 unspecified atom stereocenters. The molecule has 5 rings (SSSR count). The summed E-state index contributed by atoms with van der Waals surface area (Å²) in [5, 5.41) is 8.97. The van der Waals surface area contributed by atoms with Crippen molar-refractivity contribution in [3.8, 4) is 6.07 Å². The fraction of sp³-hybridized carbons (Fsp3) is 0.273. The third-order valence-electron chi connectivity index (χ3n) is 6.32. The molecular formula is C22H13F5N4O3. The van der Waals surface area contributed by atoms with Crippen LogP contribution in [0.5, 0.6) is 0 Å². The van der Waals surface area contributed by atoms with E-state index in [1.807, 2.05) is 0 Å². The maximum Gasteiger partial charge on any atom is 0.417 e. The summed E-state index contributed by atoms with van der Waals surface area (Å²) < 4.78 is 67.3. The Morgan fingerprint density at radius 2 is 1.74 bits per heavy atom. The van der Waals surface area contributed by atoms with Gasteiger partial charge in [-0.25, -0.2) is 18.5 Å². The Morgan fingerprint density at radius 3 is 2.35 bits per heavy atom. The first kappa shape index (κ1) is 21.8. The van der Waals surface area contributed by atoms with Crippen molar-refractivity contribution in [3.05, 3.63) is 64.7 Å². The van der Waals surface area contributed by atoms with Crippen LogP contribution in [0.3, 0.4) is 0 Å². The second-order valence-corrected chi connectivity index (χ2v) is 8.22. The average Bonchev–Trinajstić information content (AvgIpc) is 3.43. The summed E-state index contributed by atoms with van der Waals surface area (Å²) in [6.45, 7) is 0.00611. The summed E-state index contributed by atoms with van der Waals surface area (Å²) in [6.07, 6.45) is -4.63. The highest BCUT2D eigenvalue weighted by Gasteiger charge is 2.63. The summed E-state index contributed by atoms with van der Waals surface area (Å²) in [5.41, 5.74) is -2.55. The number of rotatable bonds is 2. The summed E-state index contributed by atoms with van der Waals surface area (Å²) >= 11 is 0. The lowest BCUT2D eigenvalue weighted by molar-refractivity contribution is -0.137. The smallest absolute Gasteiger partial charge is 0.331 e. The van der Waals surface area contributed by atoms with Gasteiger partial charge in [0, 0.05) is 18.2 Å². The van der Waals surface area contributed by atoms with Crippen LogP contribution in [0.2, 0.25) is 0 Å². The lowest BCUT2D eigenvalue weighted by Crippen LogP contribution is -2.54. The van der Waals surface area contributed by atoms with E-state index in [4.69, 9.17) is 5.26 Å². The molecule has 0 aliphatic carbocycles. The van der Waals surface area contributed by atoms with Crippen LogP contribution >= 0.6 is 0 Å². The van der Waals surface area contributed by atoms with Gasteiger partial charge in [-0.2, -0.15) is 18.4 Å². The molecule has 0 saturated carbocycles. The number of carbonyl (C=O) groups is 3. The molecule has 2 bridgehead atoms. The molecule has 3 heterocycles. The lowest BCUT2D eigenvalue weighted by atomic mass is 10.1. The van der Waals surface area contributed by atoms with Gasteiger partial charge in [-0.05, 0) is 36.8 Å². The Balaban J connectivity index is 1.47. The molecule has 3 aliphatic heterocycles. The van der Waals surface area contributed by atoms with Gasteiger partial charge in [-0.15, -0.1) is 0 Å². The Hall–Kier alpha value is -4.01. The summed E-state index contributed by atoms with van der Waals surface area (Å²) in [4.78, 5) is 42.2. The van der Waals surface area contributed by atoms with Crippen LogP contribution in [-0.2, 0) is 11.0 Å². The first-order valence-corrected chi connectivity index (χ1v) is 10.1. The van der Waals surface area contributed by atoms with Crippen molar-refractivity contribution in [2.24, 2.45) is 0 Å². The number of hydrogen-bond donors (Lipinski definition) is 0. The Morgan fingerprint density at radius 1 is 1.06 bits per heavy atom. The number of halogens is 5. The molecule has 3 aliphatic rings. The van der Waals surface area contributed by atoms with Gasteiger partial charge in [0.1, 0.15) is 17.7 Å². The van der Waals surface area contributed by atoms with E-state index in [-0.39, 0.29) is 24.2 Å². The van der Waals surface area contributed by atoms with E-state index < -0.39 is 64.9 Å². The highest BCUT2D eigenvalue weighted by Crippen LogP contribution is 2.44. The van der Waals surface area contributed by atoms with Gasteiger partial charge in [-0.1, -0.05) is 0 Å². The highest BCUT2D eigenvalue weighted by atomic mass is 19.4. The Labute approximate surface area is 188 Å². The maximum absolute atomic E-state index is 13.6. The monoisotopic (exact) mass is 476 g/mol. The zero-order valence-corrected chi connectivity index (χ0v) is 17.0. The summed E-state index contributed by atoms with van der Waals surface area (Å²) in [6, 6.07) is 2.93. The van der Waals surface area contributed by atoms with Crippen LogP contribution in [0.25, 0.3) is 0 Å². The minimum Gasteiger partial charge on any atom is -0.331 e. The molecule has 12 heteroatoms. The normalized spacial score (nSPS) is 23.5. The van der Waals surface area contributed by atoms with Gasteiger partial charge in [0.15, 0.2) is 0 Å². The third-order valence-corrected chi connectivity index (χ3v) is 6.32. The van der Waals surface area contributed by atoms with Crippen LogP contribution in [0.15, 0.2) is 36.4 Å². The number of hydrogen-bond acceptors (Lipinski definition) is 4. The zero-order valence-electron chi connectivity index (χ0n) is 17.0. The second-order valence-electron chi connectivity index (χ2n) is 8.22. The molecule has 0 spiro atoms. The topological polar surface area (TPSA) is 84.7 Å². The molecule has 0 aromatic heterocycles. The molecule has 34 heavy (non-hydrogen) atoms. The third kappa shape index (κ3) is 3.11. The highest BCUT2D eigenvalue weighted by molar-refractivity contribution is 6.22. The molecule has 2 aromatic carbocycles. The van der Waals surface area contributed by atoms with E-state index in [9.17, 15) is 36.3 Å². The first-order chi connectivity index (χ1) is 16.0. The van der Waals surface area contributed by atoms with Crippen LogP contribution < -0.4 is 4.90 Å². The molecule has 174 valence electrons. The van der Waals surface area contributed by atoms with Gasteiger partial charge in [0.25, 0.3) is 11.8 Å². The number of nitrogens with zero attached hydrogens (tertiary/aromatic N) is 4. The predicted octanol–water partition coefficient (Wildman–Crippen LogP) is 3.29. The average molecular weight is 476 g/mol. The van der Waals surface area contributed by atoms with E-state index in [0.29, 0.717) is 17.0 Å². The van der Waals surface area contributed by atoms with Crippen molar-refractivity contribution in [2.45, 2.75) is 30.7 Å². The number of benzene rings is 2. The van der Waals surface area contributed by atoms with Crippen molar-refractivity contribution in [1.82, 2.24) is 9.80 Å². The van der Waals surface area contributed by atoms with E-state index in [1.165, 1.54) is 15.9 Å². The molecule has 0 N–H and O–H groups in total. The number of anilines is 1. The molecular weight excluding hydrogens is 463 g/mol. The van der Waals surface area contributed by atoms with Gasteiger partial charge in [0.2, 0.25) is 0 Å². The molecule has 7 nitrogen and oxygen atoms in total. The molecule has 2 aromatic rings. The van der Waals surface area contributed by atoms with Crippen LogP contribution in [-0.4, -0.2) is 52.3 Å². The molecule has 3 atom stereocenters. The number of fused-ring (bicyclic) bond motifs is 5. The number of amides is 4. The van der Waals surface area contributed by atoms with E-state index >= 15 is 0 Å².